The third-order valence-electron chi connectivity index (χ3n) is 8.48. The molecule has 1 fully saturated rings. The number of aliphatic hydroxyl groups is 1. The van der Waals surface area contributed by atoms with E-state index in [1.165, 1.54) is 24.3 Å². The van der Waals surface area contributed by atoms with Crippen molar-refractivity contribution >= 4 is 46.3 Å². The number of carbonyl (C=O) groups is 2. The second-order valence-electron chi connectivity index (χ2n) is 11.6. The van der Waals surface area contributed by atoms with Crippen LogP contribution >= 0.6 is 23.2 Å². The van der Waals surface area contributed by atoms with Crippen LogP contribution in [0.4, 0.5) is 10.1 Å². The molecule has 1 N–H and O–H groups in total. The van der Waals surface area contributed by atoms with Crippen molar-refractivity contribution in [3.63, 3.8) is 0 Å². The lowest BCUT2D eigenvalue weighted by Crippen LogP contribution is -2.42. The van der Waals surface area contributed by atoms with Gasteiger partial charge in [-0.15, -0.1) is 0 Å². The summed E-state index contributed by atoms with van der Waals surface area (Å²) in [6, 6.07) is 28.4. The Labute approximate surface area is 279 Å². The van der Waals surface area contributed by atoms with Crippen molar-refractivity contribution in [2.24, 2.45) is 4.99 Å². The minimum absolute atomic E-state index is 0.0282. The molecule has 2 heterocycles. The predicted octanol–water partition coefficient (Wildman–Crippen LogP) is 7.58. The molecule has 0 bridgehead atoms. The maximum Gasteiger partial charge on any atom is 0.248 e. The number of carbonyl (C=O) groups excluding carboxylic acids is 2. The molecule has 0 aliphatic carbocycles. The van der Waals surface area contributed by atoms with E-state index in [4.69, 9.17) is 23.2 Å². The van der Waals surface area contributed by atoms with Gasteiger partial charge in [0, 0.05) is 53.3 Å². The Bertz CT molecular complexity index is 1690. The van der Waals surface area contributed by atoms with Crippen LogP contribution < -0.4 is 4.90 Å². The van der Waals surface area contributed by atoms with Gasteiger partial charge in [-0.1, -0.05) is 65.7 Å². The van der Waals surface area contributed by atoms with Crippen LogP contribution in [0.5, 0.6) is 0 Å². The maximum atomic E-state index is 12.9. The van der Waals surface area contributed by atoms with Crippen molar-refractivity contribution in [2.75, 3.05) is 38.1 Å². The Morgan fingerprint density at radius 2 is 1.57 bits per heavy atom. The number of likely N-dealkylation sites (N-methyl/N-ethyl adjacent to an activating group) is 1. The molecule has 0 unspecified atom stereocenters. The highest BCUT2D eigenvalue weighted by Gasteiger charge is 2.33. The van der Waals surface area contributed by atoms with E-state index in [2.05, 4.69) is 9.89 Å². The SMILES string of the molecule is CN1C(=O)CN=C(c2ccccc2)c2cc(Cl)ccc21.O=C(CCCN1CCC(O)(c2ccc(Cl)cc2)CC1)c1ccc(F)cc1. The van der Waals surface area contributed by atoms with Crippen LogP contribution in [0.3, 0.4) is 0 Å². The molecule has 6 rings (SSSR count). The topological polar surface area (TPSA) is 73.2 Å². The van der Waals surface area contributed by atoms with E-state index in [0.717, 1.165) is 54.1 Å². The number of nitrogens with zero attached hydrogens (tertiary/aromatic N) is 3. The Hall–Kier alpha value is -3.88. The molecule has 0 aromatic heterocycles. The molecule has 0 saturated carbocycles. The Balaban J connectivity index is 0.000000187. The Kier molecular flexibility index (Phi) is 11.0. The second kappa shape index (κ2) is 15.1. The number of amides is 1. The first-order valence-electron chi connectivity index (χ1n) is 15.3. The summed E-state index contributed by atoms with van der Waals surface area (Å²) >= 11 is 12.0. The fraction of sp³-hybridized carbons (Fsp3) is 0.270. The summed E-state index contributed by atoms with van der Waals surface area (Å²) in [4.78, 5) is 32.5. The lowest BCUT2D eigenvalue weighted by Gasteiger charge is -2.38. The molecule has 2 aliphatic heterocycles. The summed E-state index contributed by atoms with van der Waals surface area (Å²) < 4.78 is 12.9. The highest BCUT2D eigenvalue weighted by atomic mass is 35.5. The average Bonchev–Trinajstić information content (AvgIpc) is 3.18. The number of hydrogen-bond donors (Lipinski definition) is 1. The van der Waals surface area contributed by atoms with Gasteiger partial charge in [0.15, 0.2) is 5.78 Å². The molecule has 4 aromatic rings. The molecule has 0 atom stereocenters. The minimum atomic E-state index is -0.801. The number of benzodiazepines with no additional fused rings is 1. The largest absolute Gasteiger partial charge is 0.385 e. The van der Waals surface area contributed by atoms with Crippen molar-refractivity contribution in [1.82, 2.24) is 4.90 Å². The Morgan fingerprint density at radius 3 is 2.24 bits per heavy atom. The fourth-order valence-corrected chi connectivity index (χ4v) is 6.04. The predicted molar refractivity (Wildman–Crippen MR) is 183 cm³/mol. The summed E-state index contributed by atoms with van der Waals surface area (Å²) in [5, 5.41) is 12.2. The van der Waals surface area contributed by atoms with Gasteiger partial charge < -0.3 is 14.9 Å². The number of halogens is 3. The fourth-order valence-electron chi connectivity index (χ4n) is 5.74. The first-order chi connectivity index (χ1) is 22.1. The van der Waals surface area contributed by atoms with Gasteiger partial charge in [-0.05, 0) is 86.0 Å². The number of benzene rings is 4. The molecule has 238 valence electrons. The molecule has 0 spiro atoms. The minimum Gasteiger partial charge on any atom is -0.385 e. The highest BCUT2D eigenvalue weighted by molar-refractivity contribution is 6.32. The zero-order valence-electron chi connectivity index (χ0n) is 25.6. The van der Waals surface area contributed by atoms with Crippen LogP contribution in [0.25, 0.3) is 0 Å². The normalized spacial score (nSPS) is 16.1. The van der Waals surface area contributed by atoms with Gasteiger partial charge in [-0.2, -0.15) is 0 Å². The molecule has 1 amide bonds. The quantitative estimate of drug-likeness (QED) is 0.208. The van der Waals surface area contributed by atoms with E-state index in [1.807, 2.05) is 66.7 Å². The number of anilines is 1. The number of aliphatic imine (C=N–C) groups is 1. The van der Waals surface area contributed by atoms with E-state index in [1.54, 1.807) is 18.0 Å². The third kappa shape index (κ3) is 8.28. The van der Waals surface area contributed by atoms with E-state index in [-0.39, 0.29) is 24.1 Å². The van der Waals surface area contributed by atoms with Gasteiger partial charge in [0.05, 0.1) is 17.0 Å². The number of piperidine rings is 1. The second-order valence-corrected chi connectivity index (χ2v) is 12.4. The molecule has 0 radical (unpaired) electrons. The zero-order chi connectivity index (χ0) is 32.7. The lowest BCUT2D eigenvalue weighted by atomic mass is 9.84. The molecule has 6 nitrogen and oxygen atoms in total. The van der Waals surface area contributed by atoms with E-state index < -0.39 is 5.60 Å². The molecule has 1 saturated heterocycles. The Morgan fingerprint density at radius 1 is 0.913 bits per heavy atom. The number of ketones is 1. The maximum absolute atomic E-state index is 12.9. The molecule has 9 heteroatoms. The summed E-state index contributed by atoms with van der Waals surface area (Å²) in [5.74, 6) is -0.317. The van der Waals surface area contributed by atoms with Crippen molar-refractivity contribution in [2.45, 2.75) is 31.3 Å². The lowest BCUT2D eigenvalue weighted by molar-refractivity contribution is -0.116. The monoisotopic (exact) mass is 659 g/mol. The van der Waals surface area contributed by atoms with Gasteiger partial charge in [-0.25, -0.2) is 4.39 Å². The van der Waals surface area contributed by atoms with Crippen LogP contribution in [0.1, 0.15) is 52.7 Å². The zero-order valence-corrected chi connectivity index (χ0v) is 27.1. The summed E-state index contributed by atoms with van der Waals surface area (Å²) in [6.07, 6.45) is 2.54. The number of rotatable bonds is 7. The molecule has 2 aliphatic rings. The summed E-state index contributed by atoms with van der Waals surface area (Å²) in [5.41, 5.74) is 4.18. The van der Waals surface area contributed by atoms with Gasteiger partial charge >= 0.3 is 0 Å². The van der Waals surface area contributed by atoms with Gasteiger partial charge in [0.2, 0.25) is 5.91 Å². The van der Waals surface area contributed by atoms with Crippen molar-refractivity contribution in [3.8, 4) is 0 Å². The number of hydrogen-bond acceptors (Lipinski definition) is 5. The average molecular weight is 661 g/mol. The van der Waals surface area contributed by atoms with E-state index >= 15 is 0 Å². The summed E-state index contributed by atoms with van der Waals surface area (Å²) in [7, 11) is 1.76. The van der Waals surface area contributed by atoms with Gasteiger partial charge in [0.1, 0.15) is 12.4 Å². The third-order valence-corrected chi connectivity index (χ3v) is 8.97. The molecule has 4 aromatic carbocycles. The van der Waals surface area contributed by atoms with Crippen LogP contribution in [-0.4, -0.2) is 60.6 Å². The van der Waals surface area contributed by atoms with Crippen molar-refractivity contribution in [1.29, 1.82) is 0 Å². The van der Waals surface area contributed by atoms with Crippen molar-refractivity contribution < 1.29 is 19.1 Å². The van der Waals surface area contributed by atoms with Crippen LogP contribution in [0.15, 0.2) is 102 Å². The smallest absolute Gasteiger partial charge is 0.248 e. The molecular weight excluding hydrogens is 624 g/mol. The van der Waals surface area contributed by atoms with E-state index in [9.17, 15) is 19.1 Å². The van der Waals surface area contributed by atoms with E-state index in [0.29, 0.717) is 34.9 Å². The molecule has 46 heavy (non-hydrogen) atoms. The highest BCUT2D eigenvalue weighted by Crippen LogP contribution is 2.33. The van der Waals surface area contributed by atoms with Gasteiger partial charge in [-0.3, -0.25) is 14.6 Å². The van der Waals surface area contributed by atoms with Crippen LogP contribution in [-0.2, 0) is 10.4 Å². The number of likely N-dealkylation sites (tertiary alicyclic amines) is 1. The first-order valence-corrected chi connectivity index (χ1v) is 16.0. The van der Waals surface area contributed by atoms with Crippen LogP contribution in [0.2, 0.25) is 10.0 Å². The number of Topliss-reactive ketones (excluding diaryl/α,β-unsaturated/α-hetero) is 1. The van der Waals surface area contributed by atoms with Gasteiger partial charge in [0.25, 0.3) is 0 Å². The molecular formula is C37H36Cl2FN3O3. The van der Waals surface area contributed by atoms with Crippen LogP contribution in [0, 0.1) is 5.82 Å². The standard InChI is InChI=1S/C21H23ClFNO2.C16H13ClN2O/c22-18-7-5-17(6-8-18)21(26)11-14-24(15-12-21)13-1-2-20(25)16-3-9-19(23)10-4-16;1-19-14-8-7-12(17)9-13(14)16(18-10-15(19)20)11-5-3-2-4-6-11/h3-10,26H,1-2,11-15H2;2-9H,10H2,1H3. The summed E-state index contributed by atoms with van der Waals surface area (Å²) in [6.45, 7) is 2.56. The van der Waals surface area contributed by atoms with Crippen molar-refractivity contribution in [3.05, 3.63) is 135 Å². The first kappa shape index (κ1) is 33.5. The number of fused-ring (bicyclic) bond motifs is 1.